The molecule has 0 unspecified atom stereocenters. The molecule has 0 bridgehead atoms. The second kappa shape index (κ2) is 6.60. The van der Waals surface area contributed by atoms with Gasteiger partial charge < -0.3 is 11.1 Å². The first-order chi connectivity index (χ1) is 11.4. The van der Waals surface area contributed by atoms with Gasteiger partial charge in [0.25, 0.3) is 0 Å². The van der Waals surface area contributed by atoms with Crippen molar-refractivity contribution in [3.05, 3.63) is 34.9 Å². The van der Waals surface area contributed by atoms with Crippen LogP contribution in [0.2, 0.25) is 0 Å². The Morgan fingerprint density at radius 2 is 2.04 bits per heavy atom. The fourth-order valence-corrected chi connectivity index (χ4v) is 2.49. The van der Waals surface area contributed by atoms with Crippen LogP contribution in [-0.2, 0) is 6.18 Å². The number of rotatable bonds is 3. The van der Waals surface area contributed by atoms with Crippen LogP contribution < -0.4 is 11.1 Å². The van der Waals surface area contributed by atoms with E-state index in [1.54, 1.807) is 12.3 Å². The maximum atomic E-state index is 13.4. The van der Waals surface area contributed by atoms with Gasteiger partial charge in [0.15, 0.2) is 0 Å². The lowest BCUT2D eigenvalue weighted by atomic mass is 10.0. The molecule has 1 saturated carbocycles. The van der Waals surface area contributed by atoms with E-state index in [4.69, 9.17) is 5.73 Å². The minimum absolute atomic E-state index is 0.114. The molecule has 1 aromatic carbocycles. The van der Waals surface area contributed by atoms with Crippen LogP contribution in [0.15, 0.2) is 28.8 Å². The summed E-state index contributed by atoms with van der Waals surface area (Å²) < 4.78 is 40.3. The van der Waals surface area contributed by atoms with Crippen molar-refractivity contribution in [2.45, 2.75) is 25.4 Å². The zero-order chi connectivity index (χ0) is 17.2. The van der Waals surface area contributed by atoms with Crippen molar-refractivity contribution >= 4 is 17.6 Å². The van der Waals surface area contributed by atoms with Crippen LogP contribution in [0.4, 0.5) is 24.5 Å². The van der Waals surface area contributed by atoms with Gasteiger partial charge in [-0.05, 0) is 37.3 Å². The van der Waals surface area contributed by atoms with Crippen molar-refractivity contribution in [1.82, 2.24) is 0 Å². The molecule has 1 aromatic rings. The number of nitrogens with zero attached hydrogens (tertiary/aromatic N) is 1. The molecule has 1 aliphatic carbocycles. The van der Waals surface area contributed by atoms with E-state index in [9.17, 15) is 13.2 Å². The van der Waals surface area contributed by atoms with Crippen molar-refractivity contribution in [3.8, 4) is 11.8 Å². The fourth-order valence-electron chi connectivity index (χ4n) is 2.49. The molecule has 3 N–H and O–H groups in total. The van der Waals surface area contributed by atoms with E-state index >= 15 is 0 Å². The predicted molar refractivity (Wildman–Crippen MR) is 90.0 cm³/mol. The second-order valence-electron chi connectivity index (χ2n) is 6.00. The van der Waals surface area contributed by atoms with E-state index in [1.807, 2.05) is 6.08 Å². The zero-order valence-electron chi connectivity index (χ0n) is 13.1. The molecule has 3 rings (SSSR count). The second-order valence-corrected chi connectivity index (χ2v) is 6.00. The number of benzene rings is 1. The standard InChI is InChI=1S/C18H18F3N3/c19-18(20,21)16-14(6-5-12-2-1-9-23-10-12)7-8-15(17(16)22)24-11-13-3-4-13/h2,7-8,10,13,24H,1,3-4,9,11,22H2. The molecule has 24 heavy (non-hydrogen) atoms. The third-order valence-corrected chi connectivity index (χ3v) is 4.00. The molecule has 0 radical (unpaired) electrons. The van der Waals surface area contributed by atoms with Gasteiger partial charge in [0.2, 0.25) is 0 Å². The van der Waals surface area contributed by atoms with Crippen LogP contribution in [0.25, 0.3) is 0 Å². The minimum Gasteiger partial charge on any atom is -0.397 e. The predicted octanol–water partition coefficient (Wildman–Crippen LogP) is 3.86. The van der Waals surface area contributed by atoms with E-state index in [-0.39, 0.29) is 11.3 Å². The van der Waals surface area contributed by atoms with Crippen LogP contribution >= 0.6 is 0 Å². The number of alkyl halides is 3. The largest absolute Gasteiger partial charge is 0.419 e. The maximum Gasteiger partial charge on any atom is 0.419 e. The number of anilines is 2. The zero-order valence-corrected chi connectivity index (χ0v) is 13.1. The summed E-state index contributed by atoms with van der Waals surface area (Å²) in [6.07, 6.45) is 1.86. The molecule has 2 aliphatic rings. The summed E-state index contributed by atoms with van der Waals surface area (Å²) in [4.78, 5) is 4.07. The average Bonchev–Trinajstić information content (AvgIpc) is 3.36. The molecule has 1 aliphatic heterocycles. The normalized spacial score (nSPS) is 17.0. The minimum atomic E-state index is -4.56. The number of nitrogens with one attached hydrogen (secondary N) is 1. The first-order valence-electron chi connectivity index (χ1n) is 7.90. The maximum absolute atomic E-state index is 13.4. The van der Waals surface area contributed by atoms with Crippen molar-refractivity contribution in [2.24, 2.45) is 10.9 Å². The van der Waals surface area contributed by atoms with Gasteiger partial charge in [-0.1, -0.05) is 17.9 Å². The van der Waals surface area contributed by atoms with Crippen LogP contribution in [0.3, 0.4) is 0 Å². The van der Waals surface area contributed by atoms with Gasteiger partial charge in [0.05, 0.1) is 16.9 Å². The monoisotopic (exact) mass is 333 g/mol. The fraction of sp³-hybridized carbons (Fsp3) is 0.389. The van der Waals surface area contributed by atoms with Crippen LogP contribution in [0.1, 0.15) is 30.4 Å². The van der Waals surface area contributed by atoms with E-state index < -0.39 is 11.7 Å². The van der Waals surface area contributed by atoms with E-state index in [1.165, 1.54) is 6.07 Å². The number of aliphatic imine (C=N–C) groups is 1. The summed E-state index contributed by atoms with van der Waals surface area (Å²) in [5.74, 6) is 5.88. The highest BCUT2D eigenvalue weighted by atomic mass is 19.4. The molecule has 1 fully saturated rings. The Morgan fingerprint density at radius 1 is 1.25 bits per heavy atom. The summed E-state index contributed by atoms with van der Waals surface area (Å²) in [5.41, 5.74) is 5.47. The Hall–Kier alpha value is -2.42. The lowest BCUT2D eigenvalue weighted by Gasteiger charge is -2.17. The average molecular weight is 333 g/mol. The number of dihydropyridines is 1. The smallest absolute Gasteiger partial charge is 0.397 e. The van der Waals surface area contributed by atoms with Crippen molar-refractivity contribution in [3.63, 3.8) is 0 Å². The molecular formula is C18H18F3N3. The van der Waals surface area contributed by atoms with Crippen molar-refractivity contribution in [2.75, 3.05) is 24.1 Å². The Morgan fingerprint density at radius 3 is 2.67 bits per heavy atom. The summed E-state index contributed by atoms with van der Waals surface area (Å²) in [6.45, 7) is 1.34. The van der Waals surface area contributed by atoms with E-state index in [2.05, 4.69) is 22.2 Å². The third-order valence-electron chi connectivity index (χ3n) is 4.00. The van der Waals surface area contributed by atoms with Crippen molar-refractivity contribution < 1.29 is 13.2 Å². The first-order valence-corrected chi connectivity index (χ1v) is 7.90. The quantitative estimate of drug-likeness (QED) is 0.652. The summed E-state index contributed by atoms with van der Waals surface area (Å²) in [5, 5.41) is 3.01. The lowest BCUT2D eigenvalue weighted by Crippen LogP contribution is -2.15. The molecule has 126 valence electrons. The molecule has 3 nitrogen and oxygen atoms in total. The number of hydrogen-bond donors (Lipinski definition) is 2. The van der Waals surface area contributed by atoms with Crippen LogP contribution in [-0.4, -0.2) is 19.3 Å². The molecule has 0 amide bonds. The number of hydrogen-bond acceptors (Lipinski definition) is 3. The van der Waals surface area contributed by atoms with Gasteiger partial charge in [-0.2, -0.15) is 13.2 Å². The summed E-state index contributed by atoms with van der Waals surface area (Å²) in [7, 11) is 0. The molecule has 0 atom stereocenters. The highest BCUT2D eigenvalue weighted by Crippen LogP contribution is 2.40. The summed E-state index contributed by atoms with van der Waals surface area (Å²) >= 11 is 0. The molecule has 0 aromatic heterocycles. The molecule has 6 heteroatoms. The SMILES string of the molecule is Nc1c(NCC2CC2)ccc(C#CC2=CCCN=C2)c1C(F)(F)F. The Balaban J connectivity index is 1.93. The van der Waals surface area contributed by atoms with Crippen molar-refractivity contribution in [1.29, 1.82) is 0 Å². The molecular weight excluding hydrogens is 315 g/mol. The first kappa shape index (κ1) is 16.4. The van der Waals surface area contributed by atoms with Crippen LogP contribution in [0.5, 0.6) is 0 Å². The van der Waals surface area contributed by atoms with Gasteiger partial charge in [0.1, 0.15) is 0 Å². The highest BCUT2D eigenvalue weighted by Gasteiger charge is 2.36. The summed E-state index contributed by atoms with van der Waals surface area (Å²) in [6, 6.07) is 2.95. The Labute approximate surface area is 138 Å². The molecule has 0 saturated heterocycles. The number of nitrogen functional groups attached to an aromatic ring is 1. The van der Waals surface area contributed by atoms with Gasteiger partial charge in [0, 0.05) is 30.4 Å². The number of nitrogens with two attached hydrogens (primary N) is 1. The van der Waals surface area contributed by atoms with Gasteiger partial charge in [-0.25, -0.2) is 0 Å². The number of halogens is 3. The van der Waals surface area contributed by atoms with Gasteiger partial charge >= 0.3 is 6.18 Å². The Kier molecular flexibility index (Phi) is 4.52. The van der Waals surface area contributed by atoms with Crippen LogP contribution in [0, 0.1) is 17.8 Å². The van der Waals surface area contributed by atoms with Gasteiger partial charge in [-0.3, -0.25) is 4.99 Å². The third kappa shape index (κ3) is 3.91. The highest BCUT2D eigenvalue weighted by molar-refractivity contribution is 5.86. The molecule has 1 heterocycles. The topological polar surface area (TPSA) is 50.4 Å². The Bertz CT molecular complexity index is 747. The van der Waals surface area contributed by atoms with E-state index in [0.717, 1.165) is 19.3 Å². The molecule has 0 spiro atoms. The van der Waals surface area contributed by atoms with E-state index in [0.29, 0.717) is 30.3 Å². The lowest BCUT2D eigenvalue weighted by molar-refractivity contribution is -0.137. The van der Waals surface area contributed by atoms with Gasteiger partial charge in [-0.15, -0.1) is 0 Å². The number of allylic oxidation sites excluding steroid dienone is 1.